The fourth-order valence-electron chi connectivity index (χ4n) is 3.75. The van der Waals surface area contributed by atoms with E-state index in [0.29, 0.717) is 11.3 Å². The van der Waals surface area contributed by atoms with Crippen LogP contribution in [0.3, 0.4) is 0 Å². The van der Waals surface area contributed by atoms with Crippen molar-refractivity contribution in [3.63, 3.8) is 0 Å². The molecule has 30 heavy (non-hydrogen) atoms. The summed E-state index contributed by atoms with van der Waals surface area (Å²) in [4.78, 5) is 38.5. The molecule has 0 saturated carbocycles. The van der Waals surface area contributed by atoms with Crippen LogP contribution in [0.1, 0.15) is 28.7 Å². The molecule has 0 spiro atoms. The van der Waals surface area contributed by atoms with E-state index in [1.54, 1.807) is 19.1 Å². The maximum absolute atomic E-state index is 13.8. The molecule has 1 aliphatic heterocycles. The lowest BCUT2D eigenvalue weighted by Gasteiger charge is -2.17. The number of nitrogens with zero attached hydrogens (tertiary/aromatic N) is 1. The Morgan fingerprint density at radius 3 is 2.37 bits per heavy atom. The van der Waals surface area contributed by atoms with Gasteiger partial charge in [0.05, 0.1) is 12.5 Å². The second-order valence-corrected chi connectivity index (χ2v) is 7.88. The summed E-state index contributed by atoms with van der Waals surface area (Å²) >= 11 is 0. The van der Waals surface area contributed by atoms with Crippen LogP contribution in [0.15, 0.2) is 30.3 Å². The lowest BCUT2D eigenvalue weighted by atomic mass is 10.1. The molecular weight excluding hydrogens is 385 g/mol. The number of hydrogen-bond acceptors (Lipinski definition) is 3. The number of anilines is 2. The number of nitrogens with one attached hydrogen (secondary N) is 2. The molecule has 1 saturated heterocycles. The molecule has 1 heterocycles. The van der Waals surface area contributed by atoms with Crippen LogP contribution in [-0.2, 0) is 14.4 Å². The molecule has 1 atom stereocenters. The molecule has 0 aromatic heterocycles. The van der Waals surface area contributed by atoms with Crippen molar-refractivity contribution < 1.29 is 18.8 Å². The smallest absolute Gasteiger partial charge is 0.243 e. The Morgan fingerprint density at radius 1 is 1.07 bits per heavy atom. The molecule has 3 amide bonds. The van der Waals surface area contributed by atoms with E-state index in [1.807, 2.05) is 32.9 Å². The van der Waals surface area contributed by atoms with Gasteiger partial charge in [-0.1, -0.05) is 23.8 Å². The van der Waals surface area contributed by atoms with E-state index in [4.69, 9.17) is 0 Å². The number of halogens is 1. The SMILES string of the molecule is Cc1cc(C)c(NC(=O)CNC(=O)C2CC(=O)N(c3ccc(C)c(F)c3)C2)c(C)c1. The van der Waals surface area contributed by atoms with Crippen molar-refractivity contribution in [2.45, 2.75) is 34.1 Å². The number of rotatable bonds is 5. The highest BCUT2D eigenvalue weighted by atomic mass is 19.1. The minimum atomic E-state index is -0.586. The van der Waals surface area contributed by atoms with Gasteiger partial charge in [-0.05, 0) is 56.5 Å². The van der Waals surface area contributed by atoms with Crippen molar-refractivity contribution in [3.05, 3.63) is 58.4 Å². The highest BCUT2D eigenvalue weighted by Crippen LogP contribution is 2.27. The molecule has 3 rings (SSSR count). The van der Waals surface area contributed by atoms with Crippen molar-refractivity contribution in [3.8, 4) is 0 Å². The first-order chi connectivity index (χ1) is 14.2. The second kappa shape index (κ2) is 8.65. The van der Waals surface area contributed by atoms with Gasteiger partial charge in [0.15, 0.2) is 0 Å². The van der Waals surface area contributed by atoms with Gasteiger partial charge in [-0.25, -0.2) is 4.39 Å². The first kappa shape index (κ1) is 21.5. The van der Waals surface area contributed by atoms with E-state index in [9.17, 15) is 18.8 Å². The Kier molecular flexibility index (Phi) is 6.20. The van der Waals surface area contributed by atoms with Gasteiger partial charge in [0.2, 0.25) is 17.7 Å². The van der Waals surface area contributed by atoms with Crippen LogP contribution in [0.5, 0.6) is 0 Å². The monoisotopic (exact) mass is 411 g/mol. The topological polar surface area (TPSA) is 78.5 Å². The van der Waals surface area contributed by atoms with E-state index in [1.165, 1.54) is 11.0 Å². The molecule has 0 aliphatic carbocycles. The molecule has 2 aromatic rings. The summed E-state index contributed by atoms with van der Waals surface area (Å²) in [5.74, 6) is -1.93. The fourth-order valence-corrected chi connectivity index (χ4v) is 3.75. The maximum atomic E-state index is 13.8. The number of amides is 3. The lowest BCUT2D eigenvalue weighted by molar-refractivity contribution is -0.127. The van der Waals surface area contributed by atoms with E-state index in [2.05, 4.69) is 10.6 Å². The van der Waals surface area contributed by atoms with Crippen LogP contribution >= 0.6 is 0 Å². The molecule has 1 fully saturated rings. The van der Waals surface area contributed by atoms with Gasteiger partial charge >= 0.3 is 0 Å². The second-order valence-electron chi connectivity index (χ2n) is 7.88. The summed E-state index contributed by atoms with van der Waals surface area (Å²) in [6.45, 7) is 7.44. The third-order valence-corrected chi connectivity index (χ3v) is 5.33. The average Bonchev–Trinajstić information content (AvgIpc) is 3.06. The molecule has 158 valence electrons. The predicted octanol–water partition coefficient (Wildman–Crippen LogP) is 3.17. The van der Waals surface area contributed by atoms with Crippen molar-refractivity contribution in [2.75, 3.05) is 23.3 Å². The van der Waals surface area contributed by atoms with Crippen molar-refractivity contribution in [2.24, 2.45) is 5.92 Å². The quantitative estimate of drug-likeness (QED) is 0.793. The number of carbonyl (C=O) groups is 3. The van der Waals surface area contributed by atoms with Crippen molar-refractivity contribution in [1.82, 2.24) is 5.32 Å². The molecule has 1 aliphatic rings. The van der Waals surface area contributed by atoms with Gasteiger partial charge in [-0.2, -0.15) is 0 Å². The minimum absolute atomic E-state index is 0.0269. The van der Waals surface area contributed by atoms with Crippen LogP contribution in [0.2, 0.25) is 0 Å². The van der Waals surface area contributed by atoms with Gasteiger partial charge in [-0.15, -0.1) is 0 Å². The Morgan fingerprint density at radius 2 is 1.73 bits per heavy atom. The van der Waals surface area contributed by atoms with E-state index in [-0.39, 0.29) is 37.2 Å². The van der Waals surface area contributed by atoms with E-state index >= 15 is 0 Å². The number of aryl methyl sites for hydroxylation is 4. The molecular formula is C23H26FN3O3. The van der Waals surface area contributed by atoms with E-state index in [0.717, 1.165) is 22.4 Å². The lowest BCUT2D eigenvalue weighted by Crippen LogP contribution is -2.38. The normalized spacial score (nSPS) is 16.0. The molecule has 0 radical (unpaired) electrons. The average molecular weight is 411 g/mol. The summed E-state index contributed by atoms with van der Waals surface area (Å²) < 4.78 is 13.8. The van der Waals surface area contributed by atoms with Gasteiger partial charge < -0.3 is 15.5 Å². The third kappa shape index (κ3) is 4.67. The highest BCUT2D eigenvalue weighted by Gasteiger charge is 2.35. The zero-order chi connectivity index (χ0) is 22.0. The summed E-state index contributed by atoms with van der Waals surface area (Å²) in [5, 5.41) is 5.44. The maximum Gasteiger partial charge on any atom is 0.243 e. The van der Waals surface area contributed by atoms with Gasteiger partial charge in [0.25, 0.3) is 0 Å². The summed E-state index contributed by atoms with van der Waals surface area (Å²) in [6.07, 6.45) is 0.0269. The standard InChI is InChI=1S/C23H26FN3O3/c1-13-7-15(3)22(16(4)8-13)26-20(28)11-25-23(30)17-9-21(29)27(12-17)18-6-5-14(2)19(24)10-18/h5-8,10,17H,9,11-12H2,1-4H3,(H,25,30)(H,26,28). The number of hydrogen-bond donors (Lipinski definition) is 2. The molecule has 7 heteroatoms. The Hall–Kier alpha value is -3.22. The Bertz CT molecular complexity index is 996. The zero-order valence-corrected chi connectivity index (χ0v) is 17.6. The van der Waals surface area contributed by atoms with Crippen LogP contribution in [-0.4, -0.2) is 30.8 Å². The van der Waals surface area contributed by atoms with Crippen LogP contribution in [0.25, 0.3) is 0 Å². The minimum Gasteiger partial charge on any atom is -0.347 e. The van der Waals surface area contributed by atoms with E-state index < -0.39 is 11.7 Å². The Balaban J connectivity index is 1.57. The van der Waals surface area contributed by atoms with Gasteiger partial charge in [-0.3, -0.25) is 14.4 Å². The molecule has 0 bridgehead atoms. The molecule has 2 N–H and O–H groups in total. The van der Waals surface area contributed by atoms with Crippen molar-refractivity contribution in [1.29, 1.82) is 0 Å². The predicted molar refractivity (Wildman–Crippen MR) is 114 cm³/mol. The van der Waals surface area contributed by atoms with Crippen LogP contribution in [0, 0.1) is 39.4 Å². The van der Waals surface area contributed by atoms with Crippen LogP contribution < -0.4 is 15.5 Å². The zero-order valence-electron chi connectivity index (χ0n) is 17.6. The summed E-state index contributed by atoms with van der Waals surface area (Å²) in [5.41, 5.74) is 4.68. The number of carbonyl (C=O) groups excluding carboxylic acids is 3. The molecule has 6 nitrogen and oxygen atoms in total. The summed E-state index contributed by atoms with van der Waals surface area (Å²) in [6, 6.07) is 8.52. The molecule has 2 aromatic carbocycles. The fraction of sp³-hybridized carbons (Fsp3) is 0.348. The summed E-state index contributed by atoms with van der Waals surface area (Å²) in [7, 11) is 0. The highest BCUT2D eigenvalue weighted by molar-refractivity contribution is 6.01. The first-order valence-electron chi connectivity index (χ1n) is 9.87. The third-order valence-electron chi connectivity index (χ3n) is 5.33. The van der Waals surface area contributed by atoms with Crippen LogP contribution in [0.4, 0.5) is 15.8 Å². The number of benzene rings is 2. The largest absolute Gasteiger partial charge is 0.347 e. The van der Waals surface area contributed by atoms with Gasteiger partial charge in [0.1, 0.15) is 5.82 Å². The molecule has 1 unspecified atom stereocenters. The first-order valence-corrected chi connectivity index (χ1v) is 9.87. The van der Waals surface area contributed by atoms with Crippen molar-refractivity contribution >= 4 is 29.1 Å². The van der Waals surface area contributed by atoms with Gasteiger partial charge in [0, 0.05) is 24.3 Å². The Labute approximate surface area is 175 Å².